The maximum atomic E-state index is 11.9. The predicted octanol–water partition coefficient (Wildman–Crippen LogP) is 2.76. The molecule has 6 heteroatoms. The first-order chi connectivity index (χ1) is 8.49. The van der Waals surface area contributed by atoms with Crippen LogP contribution in [0.3, 0.4) is 0 Å². The lowest BCUT2D eigenvalue weighted by atomic mass is 9.97. The van der Waals surface area contributed by atoms with E-state index in [-0.39, 0.29) is 36.4 Å². The van der Waals surface area contributed by atoms with E-state index in [1.54, 1.807) is 25.1 Å². The fourth-order valence-electron chi connectivity index (χ4n) is 1.67. The molecule has 0 saturated heterocycles. The van der Waals surface area contributed by atoms with E-state index >= 15 is 0 Å². The summed E-state index contributed by atoms with van der Waals surface area (Å²) in [4.78, 5) is 23.3. The van der Waals surface area contributed by atoms with Crippen LogP contribution in [0.1, 0.15) is 23.7 Å². The molecule has 0 aromatic heterocycles. The Labute approximate surface area is 124 Å². The van der Waals surface area contributed by atoms with Gasteiger partial charge in [-0.2, -0.15) is 0 Å². The zero-order chi connectivity index (χ0) is 13.7. The average molecular weight is 305 g/mol. The first-order valence-corrected chi connectivity index (χ1v) is 6.09. The molecule has 0 aliphatic carbocycles. The summed E-state index contributed by atoms with van der Waals surface area (Å²) in [6.07, 6.45) is 0.227. The Morgan fingerprint density at radius 2 is 1.89 bits per heavy atom. The molecular weight excluding hydrogens is 287 g/mol. The number of benzene rings is 1. The normalized spacial score (nSPS) is 17.2. The van der Waals surface area contributed by atoms with Crippen LogP contribution < -0.4 is 10.6 Å². The van der Waals surface area contributed by atoms with Gasteiger partial charge in [0.15, 0.2) is 5.78 Å². The SMILES string of the molecule is CC1CC(=O)Nc2cc(Cl)ccc2C1=O.CNC.Cl. The number of amides is 1. The van der Waals surface area contributed by atoms with E-state index in [1.165, 1.54) is 0 Å². The third-order valence-electron chi connectivity index (χ3n) is 2.46. The Hall–Kier alpha value is -1.10. The van der Waals surface area contributed by atoms with Crippen LogP contribution in [0.5, 0.6) is 0 Å². The van der Waals surface area contributed by atoms with Crippen molar-refractivity contribution in [1.29, 1.82) is 0 Å². The summed E-state index contributed by atoms with van der Waals surface area (Å²) < 4.78 is 0. The van der Waals surface area contributed by atoms with Gasteiger partial charge in [-0.05, 0) is 32.3 Å². The van der Waals surface area contributed by atoms with Crippen molar-refractivity contribution in [2.24, 2.45) is 5.92 Å². The van der Waals surface area contributed by atoms with Crippen LogP contribution in [-0.2, 0) is 4.79 Å². The van der Waals surface area contributed by atoms with Gasteiger partial charge in [0, 0.05) is 22.9 Å². The first kappa shape index (κ1) is 17.9. The first-order valence-electron chi connectivity index (χ1n) is 5.71. The minimum absolute atomic E-state index is 0. The summed E-state index contributed by atoms with van der Waals surface area (Å²) >= 11 is 5.80. The number of ketones is 1. The van der Waals surface area contributed by atoms with E-state index in [1.807, 2.05) is 14.1 Å². The van der Waals surface area contributed by atoms with Crippen molar-refractivity contribution in [2.45, 2.75) is 13.3 Å². The maximum absolute atomic E-state index is 11.9. The highest BCUT2D eigenvalue weighted by Crippen LogP contribution is 2.27. The van der Waals surface area contributed by atoms with Gasteiger partial charge in [-0.3, -0.25) is 9.59 Å². The smallest absolute Gasteiger partial charge is 0.225 e. The quantitative estimate of drug-likeness (QED) is 0.775. The minimum atomic E-state index is -0.271. The number of nitrogens with one attached hydrogen (secondary N) is 2. The lowest BCUT2D eigenvalue weighted by Gasteiger charge is -2.06. The fraction of sp³-hybridized carbons (Fsp3) is 0.385. The van der Waals surface area contributed by atoms with Gasteiger partial charge in [0.05, 0.1) is 5.69 Å². The van der Waals surface area contributed by atoms with Crippen molar-refractivity contribution in [3.05, 3.63) is 28.8 Å². The van der Waals surface area contributed by atoms with Crippen molar-refractivity contribution in [1.82, 2.24) is 5.32 Å². The maximum Gasteiger partial charge on any atom is 0.225 e. The summed E-state index contributed by atoms with van der Waals surface area (Å²) in [6.45, 7) is 1.76. The van der Waals surface area contributed by atoms with Gasteiger partial charge in [0.1, 0.15) is 0 Å². The zero-order valence-electron chi connectivity index (χ0n) is 11.1. The second-order valence-corrected chi connectivity index (χ2v) is 4.64. The predicted molar refractivity (Wildman–Crippen MR) is 80.4 cm³/mol. The van der Waals surface area contributed by atoms with Crippen molar-refractivity contribution in [3.8, 4) is 0 Å². The number of rotatable bonds is 0. The Bertz CT molecular complexity index is 464. The van der Waals surface area contributed by atoms with Gasteiger partial charge in [-0.25, -0.2) is 0 Å². The van der Waals surface area contributed by atoms with E-state index in [0.29, 0.717) is 16.3 Å². The Morgan fingerprint density at radius 3 is 2.47 bits per heavy atom. The van der Waals surface area contributed by atoms with E-state index in [2.05, 4.69) is 10.6 Å². The highest BCUT2D eigenvalue weighted by molar-refractivity contribution is 6.31. The van der Waals surface area contributed by atoms with Crippen LogP contribution in [0.15, 0.2) is 18.2 Å². The highest BCUT2D eigenvalue weighted by atomic mass is 35.5. The molecule has 106 valence electrons. The zero-order valence-corrected chi connectivity index (χ0v) is 12.7. The van der Waals surface area contributed by atoms with Crippen LogP contribution in [0.2, 0.25) is 5.02 Å². The fourth-order valence-corrected chi connectivity index (χ4v) is 1.84. The van der Waals surface area contributed by atoms with E-state index in [9.17, 15) is 9.59 Å². The van der Waals surface area contributed by atoms with Crippen LogP contribution in [0.25, 0.3) is 0 Å². The molecule has 19 heavy (non-hydrogen) atoms. The highest BCUT2D eigenvalue weighted by Gasteiger charge is 2.25. The second-order valence-electron chi connectivity index (χ2n) is 4.21. The van der Waals surface area contributed by atoms with Crippen LogP contribution >= 0.6 is 24.0 Å². The second kappa shape index (κ2) is 8.15. The Kier molecular flexibility index (Phi) is 7.68. The van der Waals surface area contributed by atoms with Crippen molar-refractivity contribution in [2.75, 3.05) is 19.4 Å². The molecule has 2 rings (SSSR count). The van der Waals surface area contributed by atoms with Gasteiger partial charge < -0.3 is 10.6 Å². The molecule has 1 unspecified atom stereocenters. The summed E-state index contributed by atoms with van der Waals surface area (Å²) in [5, 5.41) is 5.94. The molecule has 0 radical (unpaired) electrons. The van der Waals surface area contributed by atoms with E-state index in [0.717, 1.165) is 0 Å². The third kappa shape index (κ3) is 4.82. The molecule has 1 aromatic carbocycles. The summed E-state index contributed by atoms with van der Waals surface area (Å²) in [6, 6.07) is 4.91. The molecule has 2 N–H and O–H groups in total. The largest absolute Gasteiger partial charge is 0.325 e. The lowest BCUT2D eigenvalue weighted by molar-refractivity contribution is -0.116. The summed E-state index contributed by atoms with van der Waals surface area (Å²) in [7, 11) is 3.75. The molecule has 0 spiro atoms. The Morgan fingerprint density at radius 1 is 1.32 bits per heavy atom. The van der Waals surface area contributed by atoms with Gasteiger partial charge in [-0.1, -0.05) is 18.5 Å². The Balaban J connectivity index is 0.000000742. The van der Waals surface area contributed by atoms with Gasteiger partial charge in [-0.15, -0.1) is 12.4 Å². The molecule has 1 atom stereocenters. The lowest BCUT2D eigenvalue weighted by Crippen LogP contribution is -2.14. The van der Waals surface area contributed by atoms with Crippen molar-refractivity contribution < 1.29 is 9.59 Å². The van der Waals surface area contributed by atoms with E-state index < -0.39 is 0 Å². The number of carbonyl (C=O) groups excluding carboxylic acids is 2. The standard InChI is InChI=1S/C11H10ClNO2.C2H7N.ClH/c1-6-4-10(14)13-9-5-7(12)2-3-8(9)11(6)15;1-3-2;/h2-3,5-6H,4H2,1H3,(H,13,14);3H,1-2H3;1H. The minimum Gasteiger partial charge on any atom is -0.325 e. The summed E-state index contributed by atoms with van der Waals surface area (Å²) in [5.74, 6) is -0.427. The van der Waals surface area contributed by atoms with Crippen LogP contribution in [-0.4, -0.2) is 25.8 Å². The van der Waals surface area contributed by atoms with Crippen molar-refractivity contribution >= 4 is 41.4 Å². The topological polar surface area (TPSA) is 58.2 Å². The van der Waals surface area contributed by atoms with Crippen LogP contribution in [0.4, 0.5) is 5.69 Å². The summed E-state index contributed by atoms with van der Waals surface area (Å²) in [5.41, 5.74) is 1.06. The average Bonchev–Trinajstić information content (AvgIpc) is 2.38. The third-order valence-corrected chi connectivity index (χ3v) is 2.70. The molecule has 4 nitrogen and oxygen atoms in total. The molecule has 1 heterocycles. The molecule has 1 aliphatic rings. The van der Waals surface area contributed by atoms with Gasteiger partial charge >= 0.3 is 0 Å². The number of hydrogen-bond acceptors (Lipinski definition) is 3. The van der Waals surface area contributed by atoms with Gasteiger partial charge in [0.2, 0.25) is 5.91 Å². The van der Waals surface area contributed by atoms with Gasteiger partial charge in [0.25, 0.3) is 0 Å². The number of Topliss-reactive ketones (excluding diaryl/α,β-unsaturated/α-hetero) is 1. The molecular formula is C13H18Cl2N2O2. The molecule has 1 amide bonds. The molecule has 1 aromatic rings. The number of hydrogen-bond donors (Lipinski definition) is 2. The number of halogens is 2. The number of fused-ring (bicyclic) bond motifs is 1. The van der Waals surface area contributed by atoms with E-state index in [4.69, 9.17) is 11.6 Å². The van der Waals surface area contributed by atoms with Crippen LogP contribution in [0, 0.1) is 5.92 Å². The van der Waals surface area contributed by atoms with Crippen molar-refractivity contribution in [3.63, 3.8) is 0 Å². The molecule has 0 fully saturated rings. The number of carbonyl (C=O) groups is 2. The molecule has 0 bridgehead atoms. The molecule has 1 aliphatic heterocycles. The number of anilines is 1. The monoisotopic (exact) mass is 304 g/mol. The molecule has 0 saturated carbocycles.